The molecule has 2 aromatic rings. The molecule has 28 heavy (non-hydrogen) atoms. The van der Waals surface area contributed by atoms with Crippen LogP contribution in [0.3, 0.4) is 0 Å². The number of nitrogens with one attached hydrogen (secondary N) is 2. The molecule has 2 atom stereocenters. The largest absolute Gasteiger partial charge is 0.502 e. The highest BCUT2D eigenvalue weighted by molar-refractivity contribution is 6.31. The van der Waals surface area contributed by atoms with Crippen molar-refractivity contribution in [2.24, 2.45) is 11.0 Å². The van der Waals surface area contributed by atoms with Crippen molar-refractivity contribution in [3.05, 3.63) is 68.7 Å². The molecule has 1 aliphatic rings. The number of hydrazone groups is 1. The summed E-state index contributed by atoms with van der Waals surface area (Å²) in [6.07, 6.45) is 1.02. The highest BCUT2D eigenvalue weighted by atomic mass is 35.5. The monoisotopic (exact) mass is 402 g/mol. The lowest BCUT2D eigenvalue weighted by Gasteiger charge is -2.15. The number of carbonyl (C=O) groups is 2. The third kappa shape index (κ3) is 3.94. The topological polar surface area (TPSA) is 134 Å². The van der Waals surface area contributed by atoms with Gasteiger partial charge in [-0.1, -0.05) is 41.9 Å². The van der Waals surface area contributed by atoms with E-state index in [-0.39, 0.29) is 16.5 Å². The highest BCUT2D eigenvalue weighted by Gasteiger charge is 2.40. The number of hydrogen-bond acceptors (Lipinski definition) is 6. The van der Waals surface area contributed by atoms with Crippen molar-refractivity contribution in [1.82, 2.24) is 10.7 Å². The molecule has 1 aliphatic heterocycles. The van der Waals surface area contributed by atoms with Crippen LogP contribution in [-0.2, 0) is 9.59 Å². The zero-order valence-electron chi connectivity index (χ0n) is 14.3. The standard InChI is InChI=1S/C18H15ClN4O5/c19-12-6-11(16(24)14(7-12)23(27)28)8-21-22-18(26)15-13(9-20-17(15)25)10-4-2-1-3-5-10/h1-8,13,15,24H,9H2,(H,20,25)(H,22,26)/b21-8+/t13-,15-/m0/s1. The van der Waals surface area contributed by atoms with E-state index in [0.29, 0.717) is 6.54 Å². The number of nitrogens with zero attached hydrogens (tertiary/aromatic N) is 2. The summed E-state index contributed by atoms with van der Waals surface area (Å²) >= 11 is 5.80. The second-order valence-corrected chi connectivity index (χ2v) is 6.53. The van der Waals surface area contributed by atoms with Crippen LogP contribution in [0.1, 0.15) is 17.0 Å². The van der Waals surface area contributed by atoms with E-state index in [0.717, 1.165) is 17.8 Å². The molecule has 10 heteroatoms. The Morgan fingerprint density at radius 2 is 2.07 bits per heavy atom. The van der Waals surface area contributed by atoms with Gasteiger partial charge in [0.05, 0.1) is 11.1 Å². The maximum atomic E-state index is 12.5. The van der Waals surface area contributed by atoms with Gasteiger partial charge in [-0.2, -0.15) is 5.10 Å². The minimum atomic E-state index is -0.971. The average molecular weight is 403 g/mol. The fourth-order valence-electron chi connectivity index (χ4n) is 3.01. The van der Waals surface area contributed by atoms with E-state index in [4.69, 9.17) is 11.6 Å². The van der Waals surface area contributed by atoms with E-state index in [1.165, 1.54) is 6.07 Å². The Morgan fingerprint density at radius 3 is 2.75 bits per heavy atom. The minimum Gasteiger partial charge on any atom is -0.502 e. The summed E-state index contributed by atoms with van der Waals surface area (Å²) in [4.78, 5) is 34.7. The lowest BCUT2D eigenvalue weighted by atomic mass is 9.88. The van der Waals surface area contributed by atoms with E-state index in [1.807, 2.05) is 30.3 Å². The third-order valence-corrected chi connectivity index (χ3v) is 4.57. The number of halogens is 1. The van der Waals surface area contributed by atoms with Gasteiger partial charge < -0.3 is 10.4 Å². The van der Waals surface area contributed by atoms with Gasteiger partial charge in [0.1, 0.15) is 5.92 Å². The number of carbonyl (C=O) groups excluding carboxylic acids is 2. The second kappa shape index (κ2) is 8.05. The number of phenolic OH excluding ortho intramolecular Hbond substituents is 1. The Balaban J connectivity index is 1.76. The van der Waals surface area contributed by atoms with Crippen LogP contribution in [0.5, 0.6) is 5.75 Å². The second-order valence-electron chi connectivity index (χ2n) is 6.09. The molecule has 1 saturated heterocycles. The lowest BCUT2D eigenvalue weighted by molar-refractivity contribution is -0.385. The predicted molar refractivity (Wildman–Crippen MR) is 101 cm³/mol. The summed E-state index contributed by atoms with van der Waals surface area (Å²) in [7, 11) is 0. The van der Waals surface area contributed by atoms with Crippen molar-refractivity contribution in [2.45, 2.75) is 5.92 Å². The van der Waals surface area contributed by atoms with Crippen LogP contribution in [0.25, 0.3) is 0 Å². The Morgan fingerprint density at radius 1 is 1.36 bits per heavy atom. The van der Waals surface area contributed by atoms with Crippen LogP contribution in [0.15, 0.2) is 47.6 Å². The van der Waals surface area contributed by atoms with Crippen molar-refractivity contribution in [3.8, 4) is 5.75 Å². The first-order valence-electron chi connectivity index (χ1n) is 8.21. The Bertz CT molecular complexity index is 964. The van der Waals surface area contributed by atoms with Crippen molar-refractivity contribution in [2.75, 3.05) is 6.54 Å². The highest BCUT2D eigenvalue weighted by Crippen LogP contribution is 2.32. The maximum Gasteiger partial charge on any atom is 0.312 e. The summed E-state index contributed by atoms with van der Waals surface area (Å²) in [5.41, 5.74) is 2.46. The van der Waals surface area contributed by atoms with Crippen LogP contribution in [0.2, 0.25) is 5.02 Å². The van der Waals surface area contributed by atoms with E-state index >= 15 is 0 Å². The Labute approximate surface area is 164 Å². The quantitative estimate of drug-likeness (QED) is 0.304. The molecule has 0 bridgehead atoms. The lowest BCUT2D eigenvalue weighted by Crippen LogP contribution is -2.34. The van der Waals surface area contributed by atoms with Gasteiger partial charge >= 0.3 is 5.69 Å². The molecule has 1 heterocycles. The van der Waals surface area contributed by atoms with Crippen molar-refractivity contribution >= 4 is 35.3 Å². The van der Waals surface area contributed by atoms with Crippen LogP contribution in [-0.4, -0.2) is 34.6 Å². The Hall–Kier alpha value is -3.46. The summed E-state index contributed by atoms with van der Waals surface area (Å²) in [5, 5.41) is 27.2. The van der Waals surface area contributed by atoms with E-state index in [1.54, 1.807) is 0 Å². The normalized spacial score (nSPS) is 18.8. The predicted octanol–water partition coefficient (Wildman–Crippen LogP) is 1.93. The number of nitro groups is 1. The van der Waals surface area contributed by atoms with Gasteiger partial charge in [-0.15, -0.1) is 0 Å². The summed E-state index contributed by atoms with van der Waals surface area (Å²) < 4.78 is 0. The molecule has 0 saturated carbocycles. The van der Waals surface area contributed by atoms with E-state index in [9.17, 15) is 24.8 Å². The molecule has 3 N–H and O–H groups in total. The molecule has 0 unspecified atom stereocenters. The van der Waals surface area contributed by atoms with Gasteiger partial charge in [0, 0.05) is 29.1 Å². The van der Waals surface area contributed by atoms with Crippen molar-refractivity contribution in [3.63, 3.8) is 0 Å². The van der Waals surface area contributed by atoms with Gasteiger partial charge in [-0.25, -0.2) is 5.43 Å². The number of hydrogen-bond donors (Lipinski definition) is 3. The minimum absolute atomic E-state index is 0.0246. The first-order valence-corrected chi connectivity index (χ1v) is 8.58. The molecule has 1 fully saturated rings. The van der Waals surface area contributed by atoms with Gasteiger partial charge in [0.15, 0.2) is 0 Å². The molecule has 2 amide bonds. The van der Waals surface area contributed by atoms with Crippen LogP contribution in [0.4, 0.5) is 5.69 Å². The number of nitro benzene ring substituents is 1. The fraction of sp³-hybridized carbons (Fsp3) is 0.167. The van der Waals surface area contributed by atoms with Crippen LogP contribution < -0.4 is 10.7 Å². The molecule has 0 radical (unpaired) electrons. The van der Waals surface area contributed by atoms with E-state index in [2.05, 4.69) is 15.8 Å². The van der Waals surface area contributed by atoms with Gasteiger partial charge in [0.2, 0.25) is 11.7 Å². The number of rotatable bonds is 5. The third-order valence-electron chi connectivity index (χ3n) is 4.35. The Kier molecular flexibility index (Phi) is 5.55. The number of amides is 2. The molecular formula is C18H15ClN4O5. The first kappa shape index (κ1) is 19.3. The molecular weight excluding hydrogens is 388 g/mol. The van der Waals surface area contributed by atoms with Crippen molar-refractivity contribution < 1.29 is 19.6 Å². The first-order chi connectivity index (χ1) is 13.4. The van der Waals surface area contributed by atoms with Crippen LogP contribution >= 0.6 is 11.6 Å². The molecule has 3 rings (SSSR count). The SMILES string of the molecule is O=C1NC[C@@H](c2ccccc2)[C@@H]1C(=O)N/N=C/c1cc(Cl)cc([N+](=O)[O-])c1O. The molecule has 0 aromatic heterocycles. The number of aromatic hydroxyl groups is 1. The summed E-state index contributed by atoms with van der Waals surface area (Å²) in [5.74, 6) is -2.99. The van der Waals surface area contributed by atoms with Gasteiger partial charge in [-0.3, -0.25) is 19.7 Å². The fourth-order valence-corrected chi connectivity index (χ4v) is 3.23. The van der Waals surface area contributed by atoms with Gasteiger partial charge in [0.25, 0.3) is 5.91 Å². The maximum absolute atomic E-state index is 12.5. The van der Waals surface area contributed by atoms with E-state index < -0.39 is 34.1 Å². The zero-order valence-corrected chi connectivity index (χ0v) is 15.1. The molecule has 0 spiro atoms. The average Bonchev–Trinajstić information content (AvgIpc) is 3.06. The summed E-state index contributed by atoms with van der Waals surface area (Å²) in [6.45, 7) is 0.325. The molecule has 0 aliphatic carbocycles. The number of benzene rings is 2. The molecule has 144 valence electrons. The van der Waals surface area contributed by atoms with Crippen LogP contribution in [0, 0.1) is 16.0 Å². The molecule has 9 nitrogen and oxygen atoms in total. The smallest absolute Gasteiger partial charge is 0.312 e. The number of phenols is 1. The van der Waals surface area contributed by atoms with Gasteiger partial charge in [-0.05, 0) is 11.6 Å². The molecule has 2 aromatic carbocycles. The van der Waals surface area contributed by atoms with Crippen molar-refractivity contribution in [1.29, 1.82) is 0 Å². The summed E-state index contributed by atoms with van der Waals surface area (Å²) in [6, 6.07) is 11.4. The zero-order chi connectivity index (χ0) is 20.3.